The van der Waals surface area contributed by atoms with Gasteiger partial charge in [-0.2, -0.15) is 0 Å². The van der Waals surface area contributed by atoms with E-state index in [1.54, 1.807) is 6.20 Å². The van der Waals surface area contributed by atoms with Gasteiger partial charge in [0, 0.05) is 11.8 Å². The molecule has 22 heavy (non-hydrogen) atoms. The normalized spacial score (nSPS) is 10.9. The molecule has 0 atom stereocenters. The van der Waals surface area contributed by atoms with Crippen molar-refractivity contribution < 1.29 is 4.79 Å². The molecule has 3 rings (SSSR count). The summed E-state index contributed by atoms with van der Waals surface area (Å²) in [6.07, 6.45) is 5.82. The standard InChI is InChI=1S/C19H16N2O/c22-19(12-6-9-15-7-2-1-3-8-15)21-17-13-16-10-4-5-11-18(16)20-14-17/h1-11,13-14H,12H2,(H,21,22)/b9-6+. The zero-order valence-corrected chi connectivity index (χ0v) is 12.1. The third-order valence-corrected chi connectivity index (χ3v) is 3.29. The summed E-state index contributed by atoms with van der Waals surface area (Å²) < 4.78 is 0. The van der Waals surface area contributed by atoms with Crippen molar-refractivity contribution in [3.8, 4) is 0 Å². The number of carbonyl (C=O) groups is 1. The molecule has 0 spiro atoms. The number of nitrogens with zero attached hydrogens (tertiary/aromatic N) is 1. The maximum absolute atomic E-state index is 11.9. The molecule has 0 saturated carbocycles. The lowest BCUT2D eigenvalue weighted by molar-refractivity contribution is -0.115. The third-order valence-electron chi connectivity index (χ3n) is 3.29. The van der Waals surface area contributed by atoms with Crippen LogP contribution in [-0.2, 0) is 4.79 Å². The number of hydrogen-bond acceptors (Lipinski definition) is 2. The summed E-state index contributed by atoms with van der Waals surface area (Å²) in [7, 11) is 0. The Bertz CT molecular complexity index is 810. The van der Waals surface area contributed by atoms with Crippen LogP contribution in [0.1, 0.15) is 12.0 Å². The van der Waals surface area contributed by atoms with Crippen molar-refractivity contribution in [1.82, 2.24) is 4.98 Å². The number of carbonyl (C=O) groups excluding carboxylic acids is 1. The second kappa shape index (κ2) is 6.68. The Balaban J connectivity index is 1.62. The fraction of sp³-hybridized carbons (Fsp3) is 0.0526. The van der Waals surface area contributed by atoms with Gasteiger partial charge in [0.25, 0.3) is 0 Å². The molecule has 0 aliphatic rings. The number of amides is 1. The van der Waals surface area contributed by atoms with E-state index in [0.717, 1.165) is 22.2 Å². The highest BCUT2D eigenvalue weighted by Gasteiger charge is 2.01. The maximum atomic E-state index is 11.9. The highest BCUT2D eigenvalue weighted by Crippen LogP contribution is 2.16. The van der Waals surface area contributed by atoms with E-state index in [-0.39, 0.29) is 5.91 Å². The molecule has 2 aromatic carbocycles. The van der Waals surface area contributed by atoms with Gasteiger partial charge < -0.3 is 5.32 Å². The van der Waals surface area contributed by atoms with Crippen molar-refractivity contribution in [2.75, 3.05) is 5.32 Å². The molecular weight excluding hydrogens is 272 g/mol. The van der Waals surface area contributed by atoms with Crippen molar-refractivity contribution in [1.29, 1.82) is 0 Å². The highest BCUT2D eigenvalue weighted by atomic mass is 16.1. The summed E-state index contributed by atoms with van der Waals surface area (Å²) in [6.45, 7) is 0. The van der Waals surface area contributed by atoms with E-state index in [1.807, 2.05) is 72.8 Å². The van der Waals surface area contributed by atoms with Crippen molar-refractivity contribution in [3.05, 3.63) is 78.5 Å². The van der Waals surface area contributed by atoms with E-state index in [9.17, 15) is 4.79 Å². The van der Waals surface area contributed by atoms with Crippen molar-refractivity contribution in [3.63, 3.8) is 0 Å². The van der Waals surface area contributed by atoms with Crippen LogP contribution < -0.4 is 5.32 Å². The number of aromatic nitrogens is 1. The van der Waals surface area contributed by atoms with Crippen molar-refractivity contribution >= 4 is 28.6 Å². The highest BCUT2D eigenvalue weighted by molar-refractivity contribution is 5.94. The van der Waals surface area contributed by atoms with Crippen LogP contribution in [0.2, 0.25) is 0 Å². The Morgan fingerprint density at radius 2 is 1.82 bits per heavy atom. The number of pyridine rings is 1. The zero-order chi connectivity index (χ0) is 15.2. The first-order valence-corrected chi connectivity index (χ1v) is 7.17. The molecule has 0 fully saturated rings. The maximum Gasteiger partial charge on any atom is 0.228 e. The summed E-state index contributed by atoms with van der Waals surface area (Å²) in [4.78, 5) is 16.3. The van der Waals surface area contributed by atoms with E-state index < -0.39 is 0 Å². The molecule has 3 heteroatoms. The molecule has 0 unspecified atom stereocenters. The molecule has 0 aliphatic carbocycles. The van der Waals surface area contributed by atoms with Gasteiger partial charge in [0.15, 0.2) is 0 Å². The Morgan fingerprint density at radius 1 is 1.05 bits per heavy atom. The quantitative estimate of drug-likeness (QED) is 0.778. The van der Waals surface area contributed by atoms with Crippen LogP contribution in [0.3, 0.4) is 0 Å². The van der Waals surface area contributed by atoms with Crippen LogP contribution in [0.25, 0.3) is 17.0 Å². The van der Waals surface area contributed by atoms with E-state index >= 15 is 0 Å². The van der Waals surface area contributed by atoms with Crippen LogP contribution in [0.5, 0.6) is 0 Å². The summed E-state index contributed by atoms with van der Waals surface area (Å²) in [5.41, 5.74) is 2.73. The first-order valence-electron chi connectivity index (χ1n) is 7.17. The summed E-state index contributed by atoms with van der Waals surface area (Å²) in [6, 6.07) is 19.7. The molecule has 3 aromatic rings. The molecular formula is C19H16N2O. The molecule has 0 radical (unpaired) electrons. The molecule has 0 bridgehead atoms. The minimum absolute atomic E-state index is 0.0516. The average Bonchev–Trinajstić information content (AvgIpc) is 2.56. The van der Waals surface area contributed by atoms with E-state index in [0.29, 0.717) is 6.42 Å². The average molecular weight is 288 g/mol. The molecule has 1 N–H and O–H groups in total. The lowest BCUT2D eigenvalue weighted by Gasteiger charge is -2.04. The minimum Gasteiger partial charge on any atom is -0.324 e. The van der Waals surface area contributed by atoms with Gasteiger partial charge in [-0.1, -0.05) is 60.7 Å². The monoisotopic (exact) mass is 288 g/mol. The molecule has 0 aliphatic heterocycles. The minimum atomic E-state index is -0.0516. The van der Waals surface area contributed by atoms with Gasteiger partial charge in [0.05, 0.1) is 17.4 Å². The van der Waals surface area contributed by atoms with Gasteiger partial charge in [-0.15, -0.1) is 0 Å². The first kappa shape index (κ1) is 14.0. The Morgan fingerprint density at radius 3 is 2.68 bits per heavy atom. The van der Waals surface area contributed by atoms with Crippen LogP contribution >= 0.6 is 0 Å². The fourth-order valence-electron chi connectivity index (χ4n) is 2.22. The van der Waals surface area contributed by atoms with Crippen LogP contribution in [0.15, 0.2) is 72.9 Å². The van der Waals surface area contributed by atoms with Gasteiger partial charge in [-0.3, -0.25) is 9.78 Å². The van der Waals surface area contributed by atoms with E-state index in [4.69, 9.17) is 0 Å². The molecule has 1 amide bonds. The Labute approximate surface area is 129 Å². The number of hydrogen-bond donors (Lipinski definition) is 1. The Kier molecular flexibility index (Phi) is 4.25. The van der Waals surface area contributed by atoms with Crippen LogP contribution in [0.4, 0.5) is 5.69 Å². The van der Waals surface area contributed by atoms with E-state index in [2.05, 4.69) is 10.3 Å². The number of benzene rings is 2. The smallest absolute Gasteiger partial charge is 0.228 e. The van der Waals surface area contributed by atoms with Gasteiger partial charge in [0.1, 0.15) is 0 Å². The molecule has 108 valence electrons. The number of nitrogens with one attached hydrogen (secondary N) is 1. The van der Waals surface area contributed by atoms with Gasteiger partial charge in [-0.25, -0.2) is 0 Å². The lowest BCUT2D eigenvalue weighted by atomic mass is 10.2. The van der Waals surface area contributed by atoms with Crippen molar-refractivity contribution in [2.24, 2.45) is 0 Å². The first-order chi connectivity index (χ1) is 10.8. The number of fused-ring (bicyclic) bond motifs is 1. The summed E-state index contributed by atoms with van der Waals surface area (Å²) >= 11 is 0. The predicted octanol–water partition coefficient (Wildman–Crippen LogP) is 4.28. The lowest BCUT2D eigenvalue weighted by Crippen LogP contribution is -2.10. The molecule has 1 aromatic heterocycles. The predicted molar refractivity (Wildman–Crippen MR) is 90.5 cm³/mol. The number of rotatable bonds is 4. The second-order valence-corrected chi connectivity index (χ2v) is 4.98. The van der Waals surface area contributed by atoms with Gasteiger partial charge in [0.2, 0.25) is 5.91 Å². The van der Waals surface area contributed by atoms with Crippen molar-refractivity contribution in [2.45, 2.75) is 6.42 Å². The molecule has 3 nitrogen and oxygen atoms in total. The summed E-state index contributed by atoms with van der Waals surface area (Å²) in [5, 5.41) is 3.88. The van der Waals surface area contributed by atoms with Gasteiger partial charge in [-0.05, 0) is 17.7 Å². The van der Waals surface area contributed by atoms with Gasteiger partial charge >= 0.3 is 0 Å². The summed E-state index contributed by atoms with van der Waals surface area (Å²) in [5.74, 6) is -0.0516. The van der Waals surface area contributed by atoms with Crippen LogP contribution in [0, 0.1) is 0 Å². The molecule has 1 heterocycles. The number of para-hydroxylation sites is 1. The van der Waals surface area contributed by atoms with E-state index in [1.165, 1.54) is 0 Å². The molecule has 0 saturated heterocycles. The van der Waals surface area contributed by atoms with Crippen LogP contribution in [-0.4, -0.2) is 10.9 Å². The topological polar surface area (TPSA) is 42.0 Å². The fourth-order valence-corrected chi connectivity index (χ4v) is 2.22. The SMILES string of the molecule is O=C(C/C=C/c1ccccc1)Nc1cnc2ccccc2c1. The largest absolute Gasteiger partial charge is 0.324 e. The number of anilines is 1. The Hall–Kier alpha value is -2.94. The second-order valence-electron chi connectivity index (χ2n) is 4.98. The zero-order valence-electron chi connectivity index (χ0n) is 12.1. The third kappa shape index (κ3) is 3.58.